The van der Waals surface area contributed by atoms with Gasteiger partial charge in [0.25, 0.3) is 15.9 Å². The quantitative estimate of drug-likeness (QED) is 0.360. The van der Waals surface area contributed by atoms with Crippen LogP contribution in [0.15, 0.2) is 70.6 Å². The van der Waals surface area contributed by atoms with Crippen LogP contribution in [-0.4, -0.2) is 38.5 Å². The molecule has 0 N–H and O–H groups in total. The molecule has 3 aromatic carbocycles. The molecule has 0 saturated carbocycles. The number of ether oxygens (including phenoxy) is 1. The predicted octanol–water partition coefficient (Wildman–Crippen LogP) is 3.99. The van der Waals surface area contributed by atoms with Crippen molar-refractivity contribution in [3.05, 3.63) is 87.7 Å². The Morgan fingerprint density at radius 1 is 1.05 bits per heavy atom. The summed E-state index contributed by atoms with van der Waals surface area (Å²) in [5.41, 5.74) is 4.76. The van der Waals surface area contributed by atoms with Gasteiger partial charge < -0.3 is 9.30 Å². The van der Waals surface area contributed by atoms with E-state index in [0.29, 0.717) is 23.5 Å². The molecule has 0 fully saturated rings. The second kappa shape index (κ2) is 9.60. The van der Waals surface area contributed by atoms with Gasteiger partial charge in [0.05, 0.1) is 27.9 Å². The third kappa shape index (κ3) is 4.58. The SMILES string of the molecule is COC(=O)Cn1c(=NC(=O)c2ccc(S(=O)(=O)N3CCc4ccccc43)cc2)sc2c(C)cc(C)cc21. The highest BCUT2D eigenvalue weighted by Gasteiger charge is 2.30. The normalized spacial score (nSPS) is 13.7. The van der Waals surface area contributed by atoms with Crippen LogP contribution in [0, 0.1) is 13.8 Å². The van der Waals surface area contributed by atoms with Crippen molar-refractivity contribution >= 4 is 49.1 Å². The van der Waals surface area contributed by atoms with Crippen molar-refractivity contribution in [3.8, 4) is 0 Å². The number of benzene rings is 3. The molecule has 0 bridgehead atoms. The number of rotatable bonds is 5. The Bertz CT molecular complexity index is 1720. The number of anilines is 1. The van der Waals surface area contributed by atoms with Gasteiger partial charge in [-0.05, 0) is 73.4 Å². The lowest BCUT2D eigenvalue weighted by Crippen LogP contribution is -2.29. The van der Waals surface area contributed by atoms with E-state index in [1.807, 2.05) is 44.2 Å². The van der Waals surface area contributed by atoms with Crippen molar-refractivity contribution in [1.82, 2.24) is 4.57 Å². The van der Waals surface area contributed by atoms with E-state index in [1.54, 1.807) is 10.6 Å². The number of para-hydroxylation sites is 1. The summed E-state index contributed by atoms with van der Waals surface area (Å²) in [5.74, 6) is -0.985. The number of thiazole rings is 1. The lowest BCUT2D eigenvalue weighted by molar-refractivity contribution is -0.141. The number of sulfonamides is 1. The fourth-order valence-electron chi connectivity index (χ4n) is 4.55. The Kier molecular flexibility index (Phi) is 6.47. The molecule has 0 aliphatic carbocycles. The van der Waals surface area contributed by atoms with E-state index >= 15 is 0 Å². The first-order valence-electron chi connectivity index (χ1n) is 11.7. The zero-order valence-electron chi connectivity index (χ0n) is 20.6. The van der Waals surface area contributed by atoms with E-state index in [-0.39, 0.29) is 17.0 Å². The number of nitrogens with zero attached hydrogens (tertiary/aromatic N) is 3. The number of aromatic nitrogens is 1. The van der Waals surface area contributed by atoms with Crippen LogP contribution in [0.25, 0.3) is 10.2 Å². The summed E-state index contributed by atoms with van der Waals surface area (Å²) in [5, 5.41) is 0. The van der Waals surface area contributed by atoms with Gasteiger partial charge in [-0.3, -0.25) is 13.9 Å². The van der Waals surface area contributed by atoms with E-state index in [4.69, 9.17) is 4.74 Å². The van der Waals surface area contributed by atoms with Crippen molar-refractivity contribution in [2.75, 3.05) is 18.0 Å². The number of hydrogen-bond acceptors (Lipinski definition) is 6. The minimum absolute atomic E-state index is 0.0833. The molecule has 1 aliphatic rings. The highest BCUT2D eigenvalue weighted by atomic mass is 32.2. The van der Waals surface area contributed by atoms with Crippen molar-refractivity contribution in [2.45, 2.75) is 31.7 Å². The summed E-state index contributed by atoms with van der Waals surface area (Å²) in [7, 11) is -2.45. The first-order chi connectivity index (χ1) is 17.7. The molecule has 10 heteroatoms. The molecule has 0 saturated heterocycles. The molecular weight excluding hydrogens is 510 g/mol. The van der Waals surface area contributed by atoms with E-state index in [9.17, 15) is 18.0 Å². The number of aryl methyl sites for hydroxylation is 2. The first kappa shape index (κ1) is 24.9. The van der Waals surface area contributed by atoms with Crippen molar-refractivity contribution < 1.29 is 22.7 Å². The van der Waals surface area contributed by atoms with Gasteiger partial charge in [-0.1, -0.05) is 35.6 Å². The number of hydrogen-bond donors (Lipinski definition) is 0. The van der Waals surface area contributed by atoms with Crippen molar-refractivity contribution in [3.63, 3.8) is 0 Å². The average Bonchev–Trinajstić information content (AvgIpc) is 3.46. The summed E-state index contributed by atoms with van der Waals surface area (Å²) in [6, 6.07) is 17.2. The standard InChI is InChI=1S/C27H25N3O5S2/c1-17-14-18(2)25-23(15-17)29(16-24(31)35-3)27(36-25)28-26(32)20-8-10-21(11-9-20)37(33,34)30-13-12-19-6-4-5-7-22(19)30/h4-11,14-15H,12-13,16H2,1-3H3. The number of methoxy groups -OCH3 is 1. The molecule has 5 rings (SSSR count). The Labute approximate surface area is 218 Å². The molecule has 190 valence electrons. The minimum Gasteiger partial charge on any atom is -0.468 e. The first-order valence-corrected chi connectivity index (χ1v) is 13.9. The molecule has 2 heterocycles. The Balaban J connectivity index is 1.49. The highest BCUT2D eigenvalue weighted by molar-refractivity contribution is 7.92. The van der Waals surface area contributed by atoms with Gasteiger partial charge in [0.15, 0.2) is 4.80 Å². The Morgan fingerprint density at radius 2 is 1.78 bits per heavy atom. The fraction of sp³-hybridized carbons (Fsp3) is 0.222. The molecule has 0 radical (unpaired) electrons. The van der Waals surface area contributed by atoms with Gasteiger partial charge >= 0.3 is 5.97 Å². The summed E-state index contributed by atoms with van der Waals surface area (Å²) >= 11 is 1.32. The third-order valence-corrected chi connectivity index (χ3v) is 9.42. The van der Waals surface area contributed by atoms with Crippen LogP contribution >= 0.6 is 11.3 Å². The molecule has 1 amide bonds. The van der Waals surface area contributed by atoms with E-state index in [1.165, 1.54) is 47.0 Å². The monoisotopic (exact) mass is 535 g/mol. The maximum atomic E-state index is 13.3. The predicted molar refractivity (Wildman–Crippen MR) is 142 cm³/mol. The van der Waals surface area contributed by atoms with Gasteiger partial charge in [-0.15, -0.1) is 0 Å². The second-order valence-corrected chi connectivity index (χ2v) is 11.7. The van der Waals surface area contributed by atoms with Gasteiger partial charge in [0.1, 0.15) is 6.54 Å². The maximum absolute atomic E-state index is 13.3. The smallest absolute Gasteiger partial charge is 0.325 e. The summed E-state index contributed by atoms with van der Waals surface area (Å²) in [4.78, 5) is 29.9. The summed E-state index contributed by atoms with van der Waals surface area (Å²) in [6.45, 7) is 4.23. The maximum Gasteiger partial charge on any atom is 0.325 e. The molecule has 1 aliphatic heterocycles. The number of carbonyl (C=O) groups excluding carboxylic acids is 2. The number of fused-ring (bicyclic) bond motifs is 2. The van der Waals surface area contributed by atoms with Crippen LogP contribution in [0.4, 0.5) is 5.69 Å². The van der Waals surface area contributed by atoms with Crippen molar-refractivity contribution in [1.29, 1.82) is 0 Å². The van der Waals surface area contributed by atoms with Gasteiger partial charge in [-0.25, -0.2) is 8.42 Å². The largest absolute Gasteiger partial charge is 0.468 e. The molecule has 0 unspecified atom stereocenters. The number of carbonyl (C=O) groups is 2. The van der Waals surface area contributed by atoms with E-state index in [0.717, 1.165) is 26.9 Å². The zero-order valence-corrected chi connectivity index (χ0v) is 22.2. The Morgan fingerprint density at radius 3 is 2.51 bits per heavy atom. The molecule has 4 aromatic rings. The summed E-state index contributed by atoms with van der Waals surface area (Å²) < 4.78 is 35.4. The van der Waals surface area contributed by atoms with Crippen molar-refractivity contribution in [2.24, 2.45) is 4.99 Å². The van der Waals surface area contributed by atoms with Crippen LogP contribution in [0.5, 0.6) is 0 Å². The average molecular weight is 536 g/mol. The number of amides is 1. The van der Waals surface area contributed by atoms with Gasteiger partial charge in [0, 0.05) is 12.1 Å². The van der Waals surface area contributed by atoms with Crippen LogP contribution in [0.3, 0.4) is 0 Å². The lowest BCUT2D eigenvalue weighted by atomic mass is 10.1. The molecular formula is C27H25N3O5S2. The van der Waals surface area contributed by atoms with Crippen LogP contribution in [0.1, 0.15) is 27.0 Å². The summed E-state index contributed by atoms with van der Waals surface area (Å²) in [6.07, 6.45) is 0.657. The fourth-order valence-corrected chi connectivity index (χ4v) is 7.13. The molecule has 37 heavy (non-hydrogen) atoms. The van der Waals surface area contributed by atoms with Crippen LogP contribution in [0.2, 0.25) is 0 Å². The molecule has 0 atom stereocenters. The lowest BCUT2D eigenvalue weighted by Gasteiger charge is -2.19. The van der Waals surface area contributed by atoms with E-state index in [2.05, 4.69) is 4.99 Å². The topological polar surface area (TPSA) is 98.0 Å². The molecule has 0 spiro atoms. The Hall–Kier alpha value is -3.76. The van der Waals surface area contributed by atoms with Gasteiger partial charge in [-0.2, -0.15) is 4.99 Å². The van der Waals surface area contributed by atoms with Crippen LogP contribution in [-0.2, 0) is 32.5 Å². The third-order valence-electron chi connectivity index (χ3n) is 6.36. The van der Waals surface area contributed by atoms with E-state index < -0.39 is 21.9 Å². The van der Waals surface area contributed by atoms with Gasteiger partial charge in [0.2, 0.25) is 0 Å². The second-order valence-electron chi connectivity index (χ2n) is 8.87. The van der Waals surface area contributed by atoms with Crippen LogP contribution < -0.4 is 9.11 Å². The molecule has 1 aromatic heterocycles. The minimum atomic E-state index is -3.76. The number of esters is 1. The highest BCUT2D eigenvalue weighted by Crippen LogP contribution is 2.32. The molecule has 8 nitrogen and oxygen atoms in total. The zero-order chi connectivity index (χ0) is 26.3.